The maximum atomic E-state index is 13.5. The molecule has 2 atom stereocenters. The molecule has 4 aliphatic rings. The zero-order chi connectivity index (χ0) is 24.0. The fourth-order valence-electron chi connectivity index (χ4n) is 6.30. The van der Waals surface area contributed by atoms with E-state index in [2.05, 4.69) is 28.5 Å². The van der Waals surface area contributed by atoms with E-state index in [1.165, 1.54) is 44.9 Å². The molecule has 2 N–H and O–H groups in total. The van der Waals surface area contributed by atoms with Gasteiger partial charge in [0.1, 0.15) is 11.6 Å². The van der Waals surface area contributed by atoms with Crippen LogP contribution in [-0.2, 0) is 9.53 Å². The minimum absolute atomic E-state index is 0.199. The molecule has 8 heteroatoms. The summed E-state index contributed by atoms with van der Waals surface area (Å²) in [6, 6.07) is 2.16. The summed E-state index contributed by atoms with van der Waals surface area (Å²) in [6.07, 6.45) is 12.0. The van der Waals surface area contributed by atoms with Gasteiger partial charge in [-0.25, -0.2) is 4.79 Å². The van der Waals surface area contributed by atoms with E-state index in [1.807, 2.05) is 0 Å². The lowest BCUT2D eigenvalue weighted by molar-refractivity contribution is -0.124. The number of nitriles is 1. The van der Waals surface area contributed by atoms with Crippen molar-refractivity contribution in [3.63, 3.8) is 0 Å². The Kier molecular flexibility index (Phi) is 8.70. The highest BCUT2D eigenvalue weighted by Crippen LogP contribution is 2.32. The third-order valence-electron chi connectivity index (χ3n) is 8.58. The summed E-state index contributed by atoms with van der Waals surface area (Å²) in [7, 11) is 0. The highest BCUT2D eigenvalue weighted by molar-refractivity contribution is 5.88. The van der Waals surface area contributed by atoms with E-state index >= 15 is 0 Å². The zero-order valence-corrected chi connectivity index (χ0v) is 20.9. The minimum atomic E-state index is -0.866. The van der Waals surface area contributed by atoms with Crippen LogP contribution in [0.2, 0.25) is 0 Å². The number of carbonyl (C=O) groups excluding carboxylic acids is 2. The quantitative estimate of drug-likeness (QED) is 0.618. The third-order valence-corrected chi connectivity index (χ3v) is 8.58. The second kappa shape index (κ2) is 11.7. The molecule has 0 bridgehead atoms. The monoisotopic (exact) mass is 473 g/mol. The molecule has 8 nitrogen and oxygen atoms in total. The minimum Gasteiger partial charge on any atom is -0.378 e. The van der Waals surface area contributed by atoms with Gasteiger partial charge in [0.05, 0.1) is 19.3 Å². The van der Waals surface area contributed by atoms with Crippen molar-refractivity contribution in [2.75, 3.05) is 39.4 Å². The number of urea groups is 1. The molecule has 4 fully saturated rings. The first-order chi connectivity index (χ1) is 16.5. The number of nitrogens with zero attached hydrogens (tertiary/aromatic N) is 3. The second-order valence-electron chi connectivity index (χ2n) is 11.2. The number of hydrogen-bond acceptors (Lipinski definition) is 5. The Hall–Kier alpha value is -1.85. The summed E-state index contributed by atoms with van der Waals surface area (Å²) in [5, 5.41) is 16.3. The van der Waals surface area contributed by atoms with Crippen molar-refractivity contribution in [1.82, 2.24) is 20.4 Å². The maximum Gasteiger partial charge on any atom is 0.318 e. The first kappa shape index (κ1) is 25.2. The summed E-state index contributed by atoms with van der Waals surface area (Å²) in [5.74, 6) is 1.03. The van der Waals surface area contributed by atoms with Gasteiger partial charge < -0.3 is 20.3 Å². The highest BCUT2D eigenvalue weighted by Gasteiger charge is 2.44. The Labute approximate surface area is 204 Å². The van der Waals surface area contributed by atoms with Gasteiger partial charge in [-0.3, -0.25) is 9.69 Å². The predicted molar refractivity (Wildman–Crippen MR) is 130 cm³/mol. The summed E-state index contributed by atoms with van der Waals surface area (Å²) in [6.45, 7) is 5.89. The average Bonchev–Trinajstić information content (AvgIpc) is 3.29. The molecule has 2 unspecified atom stereocenters. The third kappa shape index (κ3) is 6.42. The largest absolute Gasteiger partial charge is 0.378 e. The van der Waals surface area contributed by atoms with Crippen molar-refractivity contribution < 1.29 is 14.3 Å². The molecule has 2 saturated carbocycles. The summed E-state index contributed by atoms with van der Waals surface area (Å²) in [5.41, 5.74) is -0.866. The first-order valence-corrected chi connectivity index (χ1v) is 13.6. The molecular weight excluding hydrogens is 430 g/mol. The lowest BCUT2D eigenvalue weighted by atomic mass is 9.84. The van der Waals surface area contributed by atoms with Crippen LogP contribution in [-0.4, -0.2) is 78.8 Å². The van der Waals surface area contributed by atoms with Crippen LogP contribution < -0.4 is 10.6 Å². The van der Waals surface area contributed by atoms with Crippen molar-refractivity contribution in [2.24, 2.45) is 11.8 Å². The van der Waals surface area contributed by atoms with Crippen LogP contribution in [0.4, 0.5) is 4.79 Å². The number of hydrogen-bond donors (Lipinski definition) is 2. The molecular formula is C26H43N5O3. The molecule has 0 radical (unpaired) electrons. The van der Waals surface area contributed by atoms with E-state index in [1.54, 1.807) is 4.90 Å². The lowest BCUT2D eigenvalue weighted by Gasteiger charge is -2.35. The number of likely N-dealkylation sites (tertiary alicyclic amines) is 1. The van der Waals surface area contributed by atoms with Crippen LogP contribution in [0.5, 0.6) is 0 Å². The molecule has 2 heterocycles. The van der Waals surface area contributed by atoms with Crippen molar-refractivity contribution in [3.8, 4) is 6.07 Å². The first-order valence-electron chi connectivity index (χ1n) is 13.6. The van der Waals surface area contributed by atoms with Crippen molar-refractivity contribution in [1.29, 1.82) is 5.26 Å². The van der Waals surface area contributed by atoms with Crippen LogP contribution >= 0.6 is 0 Å². The summed E-state index contributed by atoms with van der Waals surface area (Å²) < 4.78 is 5.36. The zero-order valence-electron chi connectivity index (χ0n) is 20.9. The van der Waals surface area contributed by atoms with Crippen molar-refractivity contribution in [3.05, 3.63) is 0 Å². The van der Waals surface area contributed by atoms with Gasteiger partial charge in [0.25, 0.3) is 0 Å². The van der Waals surface area contributed by atoms with Crippen LogP contribution in [0.15, 0.2) is 0 Å². The molecule has 2 saturated heterocycles. The number of nitrogens with one attached hydrogen (secondary N) is 2. The standard InChI is InChI=1S/C26H43N5O3/c1-20-7-9-22(10-8-20)31-12-11-26(18-27,19-31)29-24(32)23(17-21-5-3-2-4-6-21)28-25(33)30-13-15-34-16-14-30/h20-23H,2-17,19H2,1H3,(H,28,33)(H,29,32)/t20-,22-,23?,26?. The van der Waals surface area contributed by atoms with Gasteiger partial charge in [0, 0.05) is 32.2 Å². The average molecular weight is 474 g/mol. The number of ether oxygens (including phenoxy) is 1. The summed E-state index contributed by atoms with van der Waals surface area (Å²) >= 11 is 0. The smallest absolute Gasteiger partial charge is 0.318 e. The van der Waals surface area contributed by atoms with E-state index in [-0.39, 0.29) is 11.9 Å². The molecule has 0 aromatic rings. The fourth-order valence-corrected chi connectivity index (χ4v) is 6.30. The number of carbonyl (C=O) groups is 2. The van der Waals surface area contributed by atoms with Gasteiger partial charge >= 0.3 is 6.03 Å². The van der Waals surface area contributed by atoms with E-state index < -0.39 is 11.6 Å². The molecule has 2 aliphatic heterocycles. The second-order valence-corrected chi connectivity index (χ2v) is 11.2. The van der Waals surface area contributed by atoms with Crippen LogP contribution in [0.1, 0.15) is 77.6 Å². The molecule has 0 spiro atoms. The van der Waals surface area contributed by atoms with Crippen LogP contribution in [0.25, 0.3) is 0 Å². The molecule has 34 heavy (non-hydrogen) atoms. The molecule has 3 amide bonds. The molecule has 0 aromatic heterocycles. The molecule has 0 aromatic carbocycles. The SMILES string of the molecule is C[C@H]1CC[C@H](N2CCC(C#N)(NC(=O)C(CC3CCCCC3)NC(=O)N3CCOCC3)C2)CC1. The predicted octanol–water partition coefficient (Wildman–Crippen LogP) is 3.03. The highest BCUT2D eigenvalue weighted by atomic mass is 16.5. The maximum absolute atomic E-state index is 13.5. The van der Waals surface area contributed by atoms with E-state index in [0.29, 0.717) is 57.6 Å². The van der Waals surface area contributed by atoms with E-state index in [4.69, 9.17) is 4.74 Å². The summed E-state index contributed by atoms with van der Waals surface area (Å²) in [4.78, 5) is 30.6. The Bertz CT molecular complexity index is 735. The van der Waals surface area contributed by atoms with Gasteiger partial charge in [-0.2, -0.15) is 5.26 Å². The lowest BCUT2D eigenvalue weighted by Crippen LogP contribution is -2.59. The van der Waals surface area contributed by atoms with E-state index in [0.717, 1.165) is 25.3 Å². The Morgan fingerprint density at radius 3 is 2.44 bits per heavy atom. The van der Waals surface area contributed by atoms with Crippen LogP contribution in [0, 0.1) is 23.2 Å². The van der Waals surface area contributed by atoms with Crippen LogP contribution in [0.3, 0.4) is 0 Å². The molecule has 2 aliphatic carbocycles. The Morgan fingerprint density at radius 2 is 1.76 bits per heavy atom. The number of morpholine rings is 1. The van der Waals surface area contributed by atoms with Gasteiger partial charge in [-0.15, -0.1) is 0 Å². The van der Waals surface area contributed by atoms with Gasteiger partial charge in [0.15, 0.2) is 0 Å². The molecule has 4 rings (SSSR count). The van der Waals surface area contributed by atoms with E-state index in [9.17, 15) is 14.9 Å². The van der Waals surface area contributed by atoms with Gasteiger partial charge in [-0.05, 0) is 50.4 Å². The Morgan fingerprint density at radius 1 is 1.06 bits per heavy atom. The molecule has 190 valence electrons. The van der Waals surface area contributed by atoms with Crippen molar-refractivity contribution in [2.45, 2.75) is 95.2 Å². The number of rotatable bonds is 6. The fraction of sp³-hybridized carbons (Fsp3) is 0.885. The number of amides is 3. The van der Waals surface area contributed by atoms with Gasteiger partial charge in [-0.1, -0.05) is 39.0 Å². The van der Waals surface area contributed by atoms with Gasteiger partial charge in [0.2, 0.25) is 5.91 Å². The Balaban J connectivity index is 1.39. The normalized spacial score (nSPS) is 32.1. The topological polar surface area (TPSA) is 97.7 Å². The van der Waals surface area contributed by atoms with Crippen molar-refractivity contribution >= 4 is 11.9 Å².